The summed E-state index contributed by atoms with van der Waals surface area (Å²) in [4.78, 5) is 26.6. The summed E-state index contributed by atoms with van der Waals surface area (Å²) in [6, 6.07) is 16.7. The molecule has 1 aliphatic heterocycles. The average molecular weight is 651 g/mol. The summed E-state index contributed by atoms with van der Waals surface area (Å²) in [7, 11) is 0. The zero-order valence-corrected chi connectivity index (χ0v) is 22.4. The SMILES string of the molecule is CCOc1cc(/C=C2/NC(=O)N(Cc3ccc(Br)cc3)C2=O)cc(I)c1OCc1ccc(F)cc1. The molecule has 0 saturated carbocycles. The van der Waals surface area contributed by atoms with Crippen LogP contribution in [0.1, 0.15) is 23.6 Å². The van der Waals surface area contributed by atoms with E-state index in [1.165, 1.54) is 17.0 Å². The fraction of sp³-hybridized carbons (Fsp3) is 0.154. The number of ether oxygens (including phenoxy) is 2. The van der Waals surface area contributed by atoms with Crippen molar-refractivity contribution in [3.05, 3.63) is 96.9 Å². The lowest BCUT2D eigenvalue weighted by molar-refractivity contribution is -0.123. The second-order valence-corrected chi connectivity index (χ2v) is 9.76. The Balaban J connectivity index is 1.54. The minimum Gasteiger partial charge on any atom is -0.490 e. The van der Waals surface area contributed by atoms with E-state index in [9.17, 15) is 14.0 Å². The number of carbonyl (C=O) groups is 2. The second kappa shape index (κ2) is 11.2. The first kappa shape index (κ1) is 25.2. The van der Waals surface area contributed by atoms with Crippen molar-refractivity contribution in [3.63, 3.8) is 0 Å². The molecule has 3 aromatic rings. The molecule has 0 aromatic heterocycles. The van der Waals surface area contributed by atoms with Gasteiger partial charge in [-0.3, -0.25) is 9.69 Å². The van der Waals surface area contributed by atoms with Crippen molar-refractivity contribution in [1.29, 1.82) is 0 Å². The van der Waals surface area contributed by atoms with Crippen molar-refractivity contribution in [2.24, 2.45) is 0 Å². The van der Waals surface area contributed by atoms with Crippen LogP contribution in [0.2, 0.25) is 0 Å². The predicted molar refractivity (Wildman–Crippen MR) is 142 cm³/mol. The van der Waals surface area contributed by atoms with Gasteiger partial charge >= 0.3 is 6.03 Å². The molecule has 0 unspecified atom stereocenters. The van der Waals surface area contributed by atoms with Gasteiger partial charge in [-0.1, -0.05) is 40.2 Å². The van der Waals surface area contributed by atoms with Gasteiger partial charge in [0.15, 0.2) is 11.5 Å². The molecule has 3 aromatic carbocycles. The number of imide groups is 1. The highest BCUT2D eigenvalue weighted by atomic mass is 127. The first-order valence-corrected chi connectivity index (χ1v) is 12.6. The monoisotopic (exact) mass is 650 g/mol. The van der Waals surface area contributed by atoms with Gasteiger partial charge in [-0.05, 0) is 88.7 Å². The Hall–Kier alpha value is -2.92. The third-order valence-electron chi connectivity index (χ3n) is 5.16. The molecule has 3 amide bonds. The number of hydrogen-bond acceptors (Lipinski definition) is 4. The molecular weight excluding hydrogens is 630 g/mol. The highest BCUT2D eigenvalue weighted by molar-refractivity contribution is 14.1. The van der Waals surface area contributed by atoms with E-state index in [0.29, 0.717) is 23.7 Å². The molecule has 1 aliphatic rings. The lowest BCUT2D eigenvalue weighted by Crippen LogP contribution is -2.30. The molecule has 35 heavy (non-hydrogen) atoms. The average Bonchev–Trinajstić information content (AvgIpc) is 3.08. The maximum atomic E-state index is 13.2. The molecule has 1 fully saturated rings. The Morgan fingerprint density at radius 3 is 2.40 bits per heavy atom. The Kier molecular flexibility index (Phi) is 8.07. The van der Waals surface area contributed by atoms with E-state index in [4.69, 9.17) is 9.47 Å². The minimum atomic E-state index is -0.469. The lowest BCUT2D eigenvalue weighted by Gasteiger charge is -2.15. The lowest BCUT2D eigenvalue weighted by atomic mass is 10.1. The molecule has 0 aliphatic carbocycles. The number of nitrogens with zero attached hydrogens (tertiary/aromatic N) is 1. The van der Waals surface area contributed by atoms with E-state index in [1.807, 2.05) is 37.3 Å². The summed E-state index contributed by atoms with van der Waals surface area (Å²) in [5, 5.41) is 2.65. The van der Waals surface area contributed by atoms with Crippen LogP contribution in [0.5, 0.6) is 11.5 Å². The van der Waals surface area contributed by atoms with E-state index in [-0.39, 0.29) is 24.7 Å². The van der Waals surface area contributed by atoms with Crippen molar-refractivity contribution in [3.8, 4) is 11.5 Å². The van der Waals surface area contributed by atoms with Crippen LogP contribution in [0.15, 0.2) is 70.8 Å². The number of nitrogens with one attached hydrogen (secondary N) is 1. The van der Waals surface area contributed by atoms with Crippen LogP contribution >= 0.6 is 38.5 Å². The molecule has 9 heteroatoms. The van der Waals surface area contributed by atoms with Crippen LogP contribution in [-0.4, -0.2) is 23.4 Å². The summed E-state index contributed by atoms with van der Waals surface area (Å²) in [6.07, 6.45) is 1.62. The number of hydrogen-bond donors (Lipinski definition) is 1. The van der Waals surface area contributed by atoms with Gasteiger partial charge in [0.25, 0.3) is 5.91 Å². The smallest absolute Gasteiger partial charge is 0.329 e. The number of amides is 3. The van der Waals surface area contributed by atoms with Crippen molar-refractivity contribution < 1.29 is 23.5 Å². The molecular formula is C26H21BrFIN2O4. The van der Waals surface area contributed by atoms with Crippen LogP contribution in [-0.2, 0) is 17.9 Å². The standard InChI is InChI=1S/C26H21BrFIN2O4/c1-2-34-23-13-18(11-21(29)24(23)35-15-17-5-9-20(28)10-6-17)12-22-25(32)31(26(33)30-22)14-16-3-7-19(27)8-4-16/h3-13H,2,14-15H2,1H3,(H,30,33)/b22-12+. The van der Waals surface area contributed by atoms with Gasteiger partial charge in [0.05, 0.1) is 16.7 Å². The Morgan fingerprint density at radius 2 is 1.71 bits per heavy atom. The molecule has 0 bridgehead atoms. The Bertz CT molecular complexity index is 1280. The zero-order valence-electron chi connectivity index (χ0n) is 18.7. The maximum Gasteiger partial charge on any atom is 0.329 e. The summed E-state index contributed by atoms with van der Waals surface area (Å²) >= 11 is 5.51. The van der Waals surface area contributed by atoms with Crippen LogP contribution in [0.4, 0.5) is 9.18 Å². The quantitative estimate of drug-likeness (QED) is 0.178. The van der Waals surface area contributed by atoms with Gasteiger partial charge in [0.2, 0.25) is 0 Å². The largest absolute Gasteiger partial charge is 0.490 e. The Morgan fingerprint density at radius 1 is 1.03 bits per heavy atom. The number of carbonyl (C=O) groups excluding carboxylic acids is 2. The third kappa shape index (κ3) is 6.21. The van der Waals surface area contributed by atoms with Gasteiger partial charge in [-0.25, -0.2) is 9.18 Å². The third-order valence-corrected chi connectivity index (χ3v) is 6.49. The predicted octanol–water partition coefficient (Wildman–Crippen LogP) is 6.26. The molecule has 0 atom stereocenters. The van der Waals surface area contributed by atoms with Gasteiger partial charge in [-0.15, -0.1) is 0 Å². The molecule has 4 rings (SSSR count). The minimum absolute atomic E-state index is 0.174. The molecule has 6 nitrogen and oxygen atoms in total. The molecule has 0 radical (unpaired) electrons. The van der Waals surface area contributed by atoms with Gasteiger partial charge in [0, 0.05) is 4.47 Å². The van der Waals surface area contributed by atoms with Crippen molar-refractivity contribution in [1.82, 2.24) is 10.2 Å². The normalized spacial score (nSPS) is 14.4. The van der Waals surface area contributed by atoms with Gasteiger partial charge in [-0.2, -0.15) is 0 Å². The van der Waals surface area contributed by atoms with Crippen molar-refractivity contribution >= 4 is 56.5 Å². The van der Waals surface area contributed by atoms with Gasteiger partial charge in [0.1, 0.15) is 18.1 Å². The maximum absolute atomic E-state index is 13.2. The number of urea groups is 1. The first-order valence-electron chi connectivity index (χ1n) is 10.8. The summed E-state index contributed by atoms with van der Waals surface area (Å²) in [5.41, 5.74) is 2.53. The fourth-order valence-electron chi connectivity index (χ4n) is 3.46. The molecule has 1 heterocycles. The Labute approximate surface area is 224 Å². The van der Waals surface area contributed by atoms with Crippen molar-refractivity contribution in [2.75, 3.05) is 6.61 Å². The van der Waals surface area contributed by atoms with Crippen LogP contribution < -0.4 is 14.8 Å². The molecule has 0 spiro atoms. The van der Waals surface area contributed by atoms with Crippen LogP contribution in [0.25, 0.3) is 6.08 Å². The van der Waals surface area contributed by atoms with E-state index < -0.39 is 11.9 Å². The second-order valence-electron chi connectivity index (χ2n) is 7.68. The van der Waals surface area contributed by atoms with E-state index in [1.54, 1.807) is 24.3 Å². The number of rotatable bonds is 8. The summed E-state index contributed by atoms with van der Waals surface area (Å²) < 4.78 is 26.6. The highest BCUT2D eigenvalue weighted by Gasteiger charge is 2.33. The fourth-order valence-corrected chi connectivity index (χ4v) is 4.51. The number of benzene rings is 3. The van der Waals surface area contributed by atoms with E-state index in [2.05, 4.69) is 43.8 Å². The molecule has 180 valence electrons. The summed E-state index contributed by atoms with van der Waals surface area (Å²) in [6.45, 7) is 2.70. The van der Waals surface area contributed by atoms with E-state index in [0.717, 1.165) is 19.2 Å². The number of halogens is 3. The van der Waals surface area contributed by atoms with Crippen LogP contribution in [0.3, 0.4) is 0 Å². The first-order chi connectivity index (χ1) is 16.8. The molecule has 1 saturated heterocycles. The van der Waals surface area contributed by atoms with Gasteiger partial charge < -0.3 is 14.8 Å². The van der Waals surface area contributed by atoms with Crippen molar-refractivity contribution in [2.45, 2.75) is 20.1 Å². The zero-order chi connectivity index (χ0) is 24.9. The topological polar surface area (TPSA) is 67.9 Å². The summed E-state index contributed by atoms with van der Waals surface area (Å²) in [5.74, 6) is 0.358. The van der Waals surface area contributed by atoms with Crippen LogP contribution in [0, 0.1) is 9.39 Å². The van der Waals surface area contributed by atoms with E-state index >= 15 is 0 Å². The molecule has 1 N–H and O–H groups in total. The highest BCUT2D eigenvalue weighted by Crippen LogP contribution is 2.36.